The molecule has 3 nitrogen and oxygen atoms in total. The summed E-state index contributed by atoms with van der Waals surface area (Å²) in [5, 5.41) is 0. The van der Waals surface area contributed by atoms with Gasteiger partial charge in [0.1, 0.15) is 0 Å². The highest BCUT2D eigenvalue weighted by atomic mass is 127. The van der Waals surface area contributed by atoms with Crippen LogP contribution in [0.1, 0.15) is 223 Å². The van der Waals surface area contributed by atoms with E-state index in [1.165, 1.54) is 141 Å². The maximum absolute atomic E-state index is 6.68. The van der Waals surface area contributed by atoms with E-state index in [1.807, 2.05) is 0 Å². The Bertz CT molecular complexity index is 1540. The Labute approximate surface area is 441 Å². The summed E-state index contributed by atoms with van der Waals surface area (Å²) in [7, 11) is 0. The molecule has 0 aliphatic heterocycles. The number of fused-ring (bicyclic) bond motifs is 10. The van der Waals surface area contributed by atoms with E-state index in [1.54, 1.807) is 11.1 Å². The number of halogens is 2. The fraction of sp³-hybridized carbons (Fsp3) is 0.935. The van der Waals surface area contributed by atoms with Crippen molar-refractivity contribution in [2.45, 2.75) is 243 Å². The van der Waals surface area contributed by atoms with Crippen molar-refractivity contribution in [2.24, 2.45) is 92.7 Å². The quantitative estimate of drug-likeness (QED) is 0.0614. The van der Waals surface area contributed by atoms with Crippen molar-refractivity contribution in [1.29, 1.82) is 0 Å². The van der Waals surface area contributed by atoms with Crippen LogP contribution in [0.2, 0.25) is 0 Å². The minimum absolute atomic E-state index is 0.404. The average Bonchev–Trinajstić information content (AvgIpc) is 3.83. The second kappa shape index (κ2) is 23.2. The zero-order chi connectivity index (χ0) is 47.7. The summed E-state index contributed by atoms with van der Waals surface area (Å²) >= 11 is 5.23. The highest BCUT2D eigenvalue weighted by Crippen LogP contribution is 2.69. The van der Waals surface area contributed by atoms with Gasteiger partial charge in [0.25, 0.3) is 0 Å². The second-order valence-electron chi connectivity index (χ2n) is 27.4. The number of hydrogen-bond donors (Lipinski definition) is 0. The molecule has 8 rings (SSSR count). The number of rotatable bonds is 22. The Hall–Kier alpha value is 0.820. The van der Waals surface area contributed by atoms with Gasteiger partial charge < -0.3 is 14.2 Å². The molecule has 5 heteroatoms. The Morgan fingerprint density at radius 2 is 0.925 bits per heavy atom. The standard InChI is InChI=1S/C62H104I2O3/c1-41(2)13-11-15-43(5)53-21-23-55-51-19-17-45-37-49(25-31-59(45,7)57(51)27-33-61(53,55)9)66-35-29-47(63)39-65-40-48(64)30-36-67-50-26-32-60(8)46(38-50)18-20-52-56-24-22-54(44(6)16-12-14-42(3)4)62(56,10)34-28-58(52)60/h17-18,41-44,47-58H,11-16,19-40H2,1-10H3/t43-,44-,47?,48?,49-,50+,51?,52?,53-,54-,55?,56?,57?,58?,59+,60+,61-,62-/m1/s1. The lowest BCUT2D eigenvalue weighted by molar-refractivity contribution is -0.0643. The van der Waals surface area contributed by atoms with Crippen LogP contribution in [0.3, 0.4) is 0 Å². The summed E-state index contributed by atoms with van der Waals surface area (Å²) < 4.78 is 20.7. The van der Waals surface area contributed by atoms with E-state index >= 15 is 0 Å². The summed E-state index contributed by atoms with van der Waals surface area (Å²) in [4.78, 5) is 0. The van der Waals surface area contributed by atoms with Crippen LogP contribution >= 0.6 is 45.2 Å². The lowest BCUT2D eigenvalue weighted by Gasteiger charge is -2.58. The van der Waals surface area contributed by atoms with Gasteiger partial charge in [0.15, 0.2) is 0 Å². The minimum Gasteiger partial charge on any atom is -0.379 e. The van der Waals surface area contributed by atoms with Crippen molar-refractivity contribution < 1.29 is 14.2 Å². The molecule has 0 N–H and O–H groups in total. The van der Waals surface area contributed by atoms with Gasteiger partial charge in [0, 0.05) is 21.1 Å². The first-order valence-corrected chi connectivity index (χ1v) is 31.9. The summed E-state index contributed by atoms with van der Waals surface area (Å²) in [6.45, 7) is 29.0. The number of alkyl halides is 2. The van der Waals surface area contributed by atoms with Crippen molar-refractivity contribution >= 4 is 45.2 Å². The van der Waals surface area contributed by atoms with Crippen LogP contribution in [0.25, 0.3) is 0 Å². The van der Waals surface area contributed by atoms with Crippen molar-refractivity contribution in [3.05, 3.63) is 23.3 Å². The normalized spacial score (nSPS) is 42.1. The van der Waals surface area contributed by atoms with E-state index in [-0.39, 0.29) is 0 Å². The molecule has 0 saturated heterocycles. The predicted octanol–water partition coefficient (Wildman–Crippen LogP) is 18.2. The van der Waals surface area contributed by atoms with E-state index in [0.717, 1.165) is 110 Å². The Balaban J connectivity index is 0.702. The van der Waals surface area contributed by atoms with Crippen molar-refractivity contribution in [3.63, 3.8) is 0 Å². The molecule has 18 atom stereocenters. The van der Waals surface area contributed by atoms with Crippen LogP contribution in [0.4, 0.5) is 0 Å². The van der Waals surface area contributed by atoms with Crippen LogP contribution in [-0.4, -0.2) is 46.5 Å². The molecular weight excluding hydrogens is 1050 g/mol. The lowest BCUT2D eigenvalue weighted by Crippen LogP contribution is -2.51. The molecule has 8 aliphatic rings. The summed E-state index contributed by atoms with van der Waals surface area (Å²) in [6, 6.07) is 0. The molecule has 6 fully saturated rings. The largest absolute Gasteiger partial charge is 0.379 e. The molecule has 67 heavy (non-hydrogen) atoms. The van der Waals surface area contributed by atoms with Crippen LogP contribution in [0, 0.1) is 92.7 Å². The average molecular weight is 1150 g/mol. The fourth-order valence-corrected chi connectivity index (χ4v) is 19.8. The monoisotopic (exact) mass is 1150 g/mol. The Kier molecular flexibility index (Phi) is 18.7. The molecule has 384 valence electrons. The molecule has 8 unspecified atom stereocenters. The second-order valence-corrected chi connectivity index (χ2v) is 30.9. The van der Waals surface area contributed by atoms with Crippen LogP contribution < -0.4 is 0 Å². The molecule has 0 amide bonds. The topological polar surface area (TPSA) is 27.7 Å². The Morgan fingerprint density at radius 3 is 1.33 bits per heavy atom. The molecule has 0 heterocycles. The van der Waals surface area contributed by atoms with Crippen LogP contribution in [0.15, 0.2) is 23.3 Å². The van der Waals surface area contributed by atoms with Crippen molar-refractivity contribution in [3.8, 4) is 0 Å². The molecule has 0 aromatic heterocycles. The molecule has 0 bridgehead atoms. The van der Waals surface area contributed by atoms with E-state index in [0.29, 0.717) is 41.7 Å². The third-order valence-corrected chi connectivity index (χ3v) is 24.7. The van der Waals surface area contributed by atoms with Gasteiger partial charge >= 0.3 is 0 Å². The first-order valence-electron chi connectivity index (χ1n) is 29.4. The van der Waals surface area contributed by atoms with Gasteiger partial charge in [-0.15, -0.1) is 0 Å². The molecule has 0 radical (unpaired) electrons. The first-order chi connectivity index (χ1) is 32.0. The fourth-order valence-electron chi connectivity index (χ4n) is 18.8. The Morgan fingerprint density at radius 1 is 0.507 bits per heavy atom. The first kappa shape index (κ1) is 54.1. The molecule has 8 aliphatic carbocycles. The van der Waals surface area contributed by atoms with Gasteiger partial charge in [0.05, 0.1) is 25.4 Å². The molecule has 0 spiro atoms. The number of hydrogen-bond acceptors (Lipinski definition) is 3. The molecular formula is C62H104I2O3. The summed E-state index contributed by atoms with van der Waals surface area (Å²) in [5.41, 5.74) is 5.50. The van der Waals surface area contributed by atoms with Gasteiger partial charge in [-0.2, -0.15) is 0 Å². The van der Waals surface area contributed by atoms with Gasteiger partial charge in [-0.1, -0.05) is 176 Å². The third kappa shape index (κ3) is 11.7. The number of ether oxygens (including phenoxy) is 3. The van der Waals surface area contributed by atoms with E-state index in [9.17, 15) is 0 Å². The summed E-state index contributed by atoms with van der Waals surface area (Å²) in [5.74, 6) is 10.9. The van der Waals surface area contributed by atoms with Gasteiger partial charge in [-0.3, -0.25) is 0 Å². The number of allylic oxidation sites excluding steroid dienone is 2. The molecule has 6 saturated carbocycles. The predicted molar refractivity (Wildman–Crippen MR) is 301 cm³/mol. The van der Waals surface area contributed by atoms with Gasteiger partial charge in [-0.25, -0.2) is 0 Å². The minimum atomic E-state index is 0.404. The smallest absolute Gasteiger partial charge is 0.0612 e. The third-order valence-electron chi connectivity index (χ3n) is 22.7. The van der Waals surface area contributed by atoms with E-state index in [2.05, 4.69) is 127 Å². The van der Waals surface area contributed by atoms with Gasteiger partial charge in [-0.05, 0) is 208 Å². The highest BCUT2D eigenvalue weighted by molar-refractivity contribution is 14.1. The zero-order valence-corrected chi connectivity index (χ0v) is 49.5. The molecule has 0 aromatic rings. The highest BCUT2D eigenvalue weighted by Gasteiger charge is 2.61. The zero-order valence-electron chi connectivity index (χ0n) is 45.2. The van der Waals surface area contributed by atoms with E-state index in [4.69, 9.17) is 14.2 Å². The van der Waals surface area contributed by atoms with Crippen LogP contribution in [0.5, 0.6) is 0 Å². The van der Waals surface area contributed by atoms with Crippen molar-refractivity contribution in [2.75, 3.05) is 26.4 Å². The van der Waals surface area contributed by atoms with Crippen LogP contribution in [-0.2, 0) is 14.2 Å². The maximum atomic E-state index is 6.68. The SMILES string of the molecule is CC(C)CCC[C@@H](C)[C@H]1CCC2C3CC=C4C[C@H](OCCC(I)COCC(I)CCO[C@H]5CC[C@@]6(C)C(=CCC7C6CC[C@@]6(C)C7CC[C@@H]6[C@H](C)CCCC(C)C)C5)CC[C@]4(C)C3CC[C@@]21C. The molecule has 0 aromatic carbocycles. The summed E-state index contributed by atoms with van der Waals surface area (Å²) in [6.07, 6.45) is 39.1. The maximum Gasteiger partial charge on any atom is 0.0612 e. The van der Waals surface area contributed by atoms with Crippen molar-refractivity contribution in [1.82, 2.24) is 0 Å². The van der Waals surface area contributed by atoms with Gasteiger partial charge in [0.2, 0.25) is 0 Å². The lowest BCUT2D eigenvalue weighted by atomic mass is 9.47. The van der Waals surface area contributed by atoms with E-state index < -0.39 is 0 Å².